The highest BCUT2D eigenvalue weighted by Gasteiger charge is 2.10. The van der Waals surface area contributed by atoms with Crippen LogP contribution in [0.4, 0.5) is 0 Å². The molecule has 1 atom stereocenters. The quantitative estimate of drug-likeness (QED) is 0.839. The number of rotatable bonds is 4. The van der Waals surface area contributed by atoms with Crippen molar-refractivity contribution in [1.82, 2.24) is 0 Å². The summed E-state index contributed by atoms with van der Waals surface area (Å²) in [6, 6.07) is 5.30. The number of hydrogen-bond acceptors (Lipinski definition) is 2. The molecule has 14 heavy (non-hydrogen) atoms. The lowest BCUT2D eigenvalue weighted by Crippen LogP contribution is -2.16. The molecule has 0 saturated carbocycles. The van der Waals surface area contributed by atoms with Crippen LogP contribution >= 0.6 is 23.2 Å². The molecule has 3 N–H and O–H groups in total. The maximum Gasteiger partial charge on any atom is 0.0593 e. The third-order valence-electron chi connectivity index (χ3n) is 2.00. The summed E-state index contributed by atoms with van der Waals surface area (Å²) in [7, 11) is 0. The highest BCUT2D eigenvalue weighted by molar-refractivity contribution is 6.35. The molecule has 1 aromatic carbocycles. The van der Waals surface area contributed by atoms with Crippen molar-refractivity contribution in [2.45, 2.75) is 18.9 Å². The molecule has 0 bridgehead atoms. The molecule has 2 nitrogen and oxygen atoms in total. The van der Waals surface area contributed by atoms with Gasteiger partial charge >= 0.3 is 0 Å². The zero-order valence-electron chi connectivity index (χ0n) is 7.71. The molecule has 0 aliphatic rings. The van der Waals surface area contributed by atoms with Crippen LogP contribution in [0, 0.1) is 0 Å². The zero-order valence-corrected chi connectivity index (χ0v) is 9.22. The topological polar surface area (TPSA) is 46.2 Å². The molecular weight excluding hydrogens is 221 g/mol. The van der Waals surface area contributed by atoms with Gasteiger partial charge in [-0.2, -0.15) is 0 Å². The van der Waals surface area contributed by atoms with Gasteiger partial charge in [0.2, 0.25) is 0 Å². The molecule has 0 aromatic heterocycles. The van der Waals surface area contributed by atoms with Crippen molar-refractivity contribution >= 4 is 23.2 Å². The fraction of sp³-hybridized carbons (Fsp3) is 0.400. The largest absolute Gasteiger partial charge is 0.393 e. The summed E-state index contributed by atoms with van der Waals surface area (Å²) in [4.78, 5) is 0. The lowest BCUT2D eigenvalue weighted by molar-refractivity contribution is 0.167. The van der Waals surface area contributed by atoms with E-state index in [9.17, 15) is 5.11 Å². The summed E-state index contributed by atoms with van der Waals surface area (Å²) in [5, 5.41) is 10.7. The van der Waals surface area contributed by atoms with Crippen molar-refractivity contribution in [2.75, 3.05) is 6.54 Å². The summed E-state index contributed by atoms with van der Waals surface area (Å²) in [5.74, 6) is 0. The number of benzene rings is 1. The van der Waals surface area contributed by atoms with Gasteiger partial charge in [0.15, 0.2) is 0 Å². The lowest BCUT2D eigenvalue weighted by atomic mass is 10.1. The second-order valence-electron chi connectivity index (χ2n) is 3.14. The van der Waals surface area contributed by atoms with Gasteiger partial charge in [0.05, 0.1) is 6.10 Å². The number of halogens is 2. The van der Waals surface area contributed by atoms with E-state index in [-0.39, 0.29) is 0 Å². The van der Waals surface area contributed by atoms with Crippen LogP contribution in [0.5, 0.6) is 0 Å². The molecule has 78 valence electrons. The van der Waals surface area contributed by atoms with E-state index in [1.165, 1.54) is 0 Å². The lowest BCUT2D eigenvalue weighted by Gasteiger charge is -2.11. The van der Waals surface area contributed by atoms with Gasteiger partial charge in [0.1, 0.15) is 0 Å². The minimum Gasteiger partial charge on any atom is -0.393 e. The van der Waals surface area contributed by atoms with Crippen molar-refractivity contribution in [1.29, 1.82) is 0 Å². The van der Waals surface area contributed by atoms with Crippen LogP contribution in [0.3, 0.4) is 0 Å². The van der Waals surface area contributed by atoms with Crippen LogP contribution in [0.2, 0.25) is 10.0 Å². The Kier molecular flexibility index (Phi) is 4.69. The normalized spacial score (nSPS) is 12.9. The number of hydrogen-bond donors (Lipinski definition) is 2. The first-order valence-electron chi connectivity index (χ1n) is 4.46. The molecule has 1 aromatic rings. The molecule has 4 heteroatoms. The fourth-order valence-corrected chi connectivity index (χ4v) is 1.81. The molecule has 0 fully saturated rings. The summed E-state index contributed by atoms with van der Waals surface area (Å²) < 4.78 is 0. The van der Waals surface area contributed by atoms with Crippen molar-refractivity contribution < 1.29 is 5.11 Å². The Morgan fingerprint density at radius 2 is 1.86 bits per heavy atom. The van der Waals surface area contributed by atoms with Crippen LogP contribution < -0.4 is 5.73 Å². The van der Waals surface area contributed by atoms with E-state index in [4.69, 9.17) is 28.9 Å². The summed E-state index contributed by atoms with van der Waals surface area (Å²) >= 11 is 11.9. The Morgan fingerprint density at radius 1 is 1.29 bits per heavy atom. The number of aliphatic hydroxyl groups excluding tert-OH is 1. The minimum absolute atomic E-state index is 0.454. The van der Waals surface area contributed by atoms with E-state index < -0.39 is 6.10 Å². The SMILES string of the molecule is NCCC(O)Cc1c(Cl)cccc1Cl. The average molecular weight is 234 g/mol. The second kappa shape index (κ2) is 5.56. The molecule has 0 amide bonds. The molecule has 0 aliphatic heterocycles. The van der Waals surface area contributed by atoms with Crippen LogP contribution in [0.25, 0.3) is 0 Å². The Bertz CT molecular complexity index is 284. The summed E-state index contributed by atoms with van der Waals surface area (Å²) in [5.41, 5.74) is 6.12. The summed E-state index contributed by atoms with van der Waals surface area (Å²) in [6.45, 7) is 0.462. The van der Waals surface area contributed by atoms with Gasteiger partial charge in [-0.05, 0) is 30.7 Å². The van der Waals surface area contributed by atoms with Crippen LogP contribution in [0.1, 0.15) is 12.0 Å². The molecule has 1 unspecified atom stereocenters. The maximum atomic E-state index is 9.55. The molecule has 0 aliphatic carbocycles. The first kappa shape index (κ1) is 11.8. The van der Waals surface area contributed by atoms with Crippen molar-refractivity contribution in [3.05, 3.63) is 33.8 Å². The first-order chi connectivity index (χ1) is 6.65. The predicted molar refractivity (Wildman–Crippen MR) is 59.8 cm³/mol. The molecule has 0 saturated heterocycles. The van der Waals surface area contributed by atoms with Crippen molar-refractivity contribution in [3.8, 4) is 0 Å². The van der Waals surface area contributed by atoms with E-state index in [0.717, 1.165) is 5.56 Å². The van der Waals surface area contributed by atoms with Gasteiger partial charge in [0, 0.05) is 16.5 Å². The molecular formula is C10H13Cl2NO. The second-order valence-corrected chi connectivity index (χ2v) is 3.95. The smallest absolute Gasteiger partial charge is 0.0593 e. The van der Waals surface area contributed by atoms with E-state index >= 15 is 0 Å². The Hall–Kier alpha value is -0.280. The molecule has 0 radical (unpaired) electrons. The monoisotopic (exact) mass is 233 g/mol. The van der Waals surface area contributed by atoms with Crippen molar-refractivity contribution in [2.24, 2.45) is 5.73 Å². The highest BCUT2D eigenvalue weighted by atomic mass is 35.5. The zero-order chi connectivity index (χ0) is 10.6. The van der Waals surface area contributed by atoms with E-state index in [1.807, 2.05) is 0 Å². The minimum atomic E-state index is -0.475. The van der Waals surface area contributed by atoms with Gasteiger partial charge in [-0.1, -0.05) is 29.3 Å². The third kappa shape index (κ3) is 3.14. The average Bonchev–Trinajstić information content (AvgIpc) is 2.12. The third-order valence-corrected chi connectivity index (χ3v) is 2.71. The van der Waals surface area contributed by atoms with Gasteiger partial charge < -0.3 is 10.8 Å². The maximum absolute atomic E-state index is 9.55. The van der Waals surface area contributed by atoms with Gasteiger partial charge in [-0.25, -0.2) is 0 Å². The molecule has 0 heterocycles. The number of aliphatic hydroxyl groups is 1. The Labute approximate surface area is 93.6 Å². The standard InChI is InChI=1S/C10H13Cl2NO/c11-9-2-1-3-10(12)8(9)6-7(14)4-5-13/h1-3,7,14H,4-6,13H2. The van der Waals surface area contributed by atoms with Gasteiger partial charge in [0.25, 0.3) is 0 Å². The first-order valence-corrected chi connectivity index (χ1v) is 5.21. The Balaban J connectivity index is 2.75. The van der Waals surface area contributed by atoms with Crippen LogP contribution in [0.15, 0.2) is 18.2 Å². The fourth-order valence-electron chi connectivity index (χ4n) is 1.26. The van der Waals surface area contributed by atoms with E-state index in [1.54, 1.807) is 18.2 Å². The summed E-state index contributed by atoms with van der Waals surface area (Å²) in [6.07, 6.45) is 0.537. The Morgan fingerprint density at radius 3 is 2.36 bits per heavy atom. The molecule has 0 spiro atoms. The van der Waals surface area contributed by atoms with E-state index in [2.05, 4.69) is 0 Å². The highest BCUT2D eigenvalue weighted by Crippen LogP contribution is 2.25. The van der Waals surface area contributed by atoms with Crippen molar-refractivity contribution in [3.63, 3.8) is 0 Å². The van der Waals surface area contributed by atoms with Gasteiger partial charge in [-0.15, -0.1) is 0 Å². The van der Waals surface area contributed by atoms with Crippen LogP contribution in [-0.2, 0) is 6.42 Å². The number of nitrogens with two attached hydrogens (primary N) is 1. The molecule has 1 rings (SSSR count). The van der Waals surface area contributed by atoms with E-state index in [0.29, 0.717) is 29.4 Å². The van der Waals surface area contributed by atoms with Gasteiger partial charge in [-0.3, -0.25) is 0 Å². The van der Waals surface area contributed by atoms with Crippen LogP contribution in [-0.4, -0.2) is 17.8 Å². The predicted octanol–water partition coefficient (Wildman–Crippen LogP) is 2.25.